The topological polar surface area (TPSA) is 57.4 Å². The highest BCUT2D eigenvalue weighted by molar-refractivity contribution is 5.09. The van der Waals surface area contributed by atoms with E-state index in [-0.39, 0.29) is 6.61 Å². The van der Waals surface area contributed by atoms with E-state index in [0.29, 0.717) is 12.0 Å². The number of pyridine rings is 1. The number of aliphatic hydroxyl groups excluding tert-OH is 1. The molecular formula is C21H31N5O. The molecule has 2 aromatic rings. The fourth-order valence-corrected chi connectivity index (χ4v) is 4.73. The summed E-state index contributed by atoms with van der Waals surface area (Å²) in [5.74, 6) is 1.87. The maximum atomic E-state index is 9.33. The highest BCUT2D eigenvalue weighted by Gasteiger charge is 2.35. The molecule has 1 fully saturated rings. The van der Waals surface area contributed by atoms with Crippen LogP contribution < -0.4 is 0 Å². The van der Waals surface area contributed by atoms with E-state index in [1.807, 2.05) is 24.7 Å². The molecule has 4 rings (SSSR count). The highest BCUT2D eigenvalue weighted by Crippen LogP contribution is 2.36. The summed E-state index contributed by atoms with van der Waals surface area (Å²) in [6.07, 6.45) is 12.3. The summed E-state index contributed by atoms with van der Waals surface area (Å²) in [6, 6.07) is 4.57. The van der Waals surface area contributed by atoms with Crippen LogP contribution in [0.5, 0.6) is 0 Å². The van der Waals surface area contributed by atoms with E-state index in [0.717, 1.165) is 52.1 Å². The van der Waals surface area contributed by atoms with Gasteiger partial charge >= 0.3 is 0 Å². The van der Waals surface area contributed by atoms with E-state index in [4.69, 9.17) is 4.98 Å². The van der Waals surface area contributed by atoms with Gasteiger partial charge < -0.3 is 9.67 Å². The second-order valence-corrected chi connectivity index (χ2v) is 7.87. The smallest absolute Gasteiger partial charge is 0.126 e. The number of hydrogen-bond acceptors (Lipinski definition) is 5. The van der Waals surface area contributed by atoms with Crippen LogP contribution in [-0.4, -0.2) is 62.2 Å². The van der Waals surface area contributed by atoms with Crippen LogP contribution in [0.15, 0.2) is 36.9 Å². The molecule has 0 spiro atoms. The molecule has 0 bridgehead atoms. The third kappa shape index (κ3) is 4.39. The Bertz CT molecular complexity index is 696. The number of aromatic nitrogens is 3. The summed E-state index contributed by atoms with van der Waals surface area (Å²) < 4.78 is 2.35. The van der Waals surface area contributed by atoms with Gasteiger partial charge in [0.25, 0.3) is 0 Å². The van der Waals surface area contributed by atoms with E-state index in [1.165, 1.54) is 24.2 Å². The van der Waals surface area contributed by atoms with Gasteiger partial charge in [-0.1, -0.05) is 6.07 Å². The van der Waals surface area contributed by atoms with E-state index in [9.17, 15) is 5.11 Å². The molecule has 146 valence electrons. The van der Waals surface area contributed by atoms with Crippen molar-refractivity contribution in [2.75, 3.05) is 32.8 Å². The molecule has 2 aromatic heterocycles. The van der Waals surface area contributed by atoms with Crippen molar-refractivity contribution < 1.29 is 5.11 Å². The number of rotatable bonds is 6. The Labute approximate surface area is 161 Å². The van der Waals surface area contributed by atoms with E-state index in [2.05, 4.69) is 31.6 Å². The normalized spacial score (nSPS) is 22.5. The molecule has 0 aromatic carbocycles. The zero-order chi connectivity index (χ0) is 18.5. The average molecular weight is 370 g/mol. The molecule has 1 atom stereocenters. The largest absolute Gasteiger partial charge is 0.396 e. The van der Waals surface area contributed by atoms with Crippen molar-refractivity contribution in [1.29, 1.82) is 0 Å². The quantitative estimate of drug-likeness (QED) is 0.847. The van der Waals surface area contributed by atoms with Gasteiger partial charge in [-0.05, 0) is 56.3 Å². The predicted molar refractivity (Wildman–Crippen MR) is 105 cm³/mol. The van der Waals surface area contributed by atoms with Crippen LogP contribution in [0.2, 0.25) is 0 Å². The van der Waals surface area contributed by atoms with Gasteiger partial charge in [-0.2, -0.15) is 0 Å². The maximum Gasteiger partial charge on any atom is 0.126 e. The summed E-state index contributed by atoms with van der Waals surface area (Å²) in [6.45, 7) is 6.64. The molecule has 0 radical (unpaired) electrons. The molecule has 2 aliphatic rings. The number of piperidine rings is 1. The third-order valence-corrected chi connectivity index (χ3v) is 6.06. The van der Waals surface area contributed by atoms with Crippen LogP contribution in [-0.2, 0) is 13.1 Å². The predicted octanol–water partition coefficient (Wildman–Crippen LogP) is 2.32. The Morgan fingerprint density at radius 1 is 1.11 bits per heavy atom. The number of hydrogen-bond donors (Lipinski definition) is 1. The second-order valence-electron chi connectivity index (χ2n) is 7.87. The van der Waals surface area contributed by atoms with E-state index in [1.54, 1.807) is 0 Å². The van der Waals surface area contributed by atoms with Gasteiger partial charge in [0.2, 0.25) is 0 Å². The van der Waals surface area contributed by atoms with Crippen molar-refractivity contribution in [3.05, 3.63) is 48.3 Å². The van der Waals surface area contributed by atoms with Crippen LogP contribution in [0, 0.1) is 5.92 Å². The second kappa shape index (κ2) is 8.95. The van der Waals surface area contributed by atoms with Gasteiger partial charge in [0, 0.05) is 57.6 Å². The monoisotopic (exact) mass is 369 g/mol. The molecule has 27 heavy (non-hydrogen) atoms. The number of aliphatic hydroxyl groups is 1. The summed E-state index contributed by atoms with van der Waals surface area (Å²) >= 11 is 0. The molecule has 4 heterocycles. The Balaban J connectivity index is 1.44. The number of nitrogens with zero attached hydrogens (tertiary/aromatic N) is 5. The van der Waals surface area contributed by atoms with Crippen LogP contribution in [0.3, 0.4) is 0 Å². The number of imidazole rings is 1. The summed E-state index contributed by atoms with van der Waals surface area (Å²) in [4.78, 5) is 14.1. The molecule has 6 nitrogen and oxygen atoms in total. The highest BCUT2D eigenvalue weighted by atomic mass is 16.3. The average Bonchev–Trinajstić information content (AvgIpc) is 3.09. The Kier molecular flexibility index (Phi) is 6.17. The number of fused-ring (bicyclic) bond motifs is 1. The molecule has 1 saturated heterocycles. The molecule has 0 saturated carbocycles. The zero-order valence-electron chi connectivity index (χ0n) is 16.1. The first-order valence-corrected chi connectivity index (χ1v) is 10.3. The SMILES string of the molecule is OCCCN1CCCn2ccnc2C1C1CCN(Cc2cccnc2)CC1. The lowest BCUT2D eigenvalue weighted by Gasteiger charge is -2.40. The zero-order valence-corrected chi connectivity index (χ0v) is 16.1. The molecule has 0 aliphatic carbocycles. The van der Waals surface area contributed by atoms with Crippen molar-refractivity contribution >= 4 is 0 Å². The Hall–Kier alpha value is -1.76. The van der Waals surface area contributed by atoms with Crippen molar-refractivity contribution in [1.82, 2.24) is 24.3 Å². The molecule has 0 amide bonds. The first kappa shape index (κ1) is 18.6. The minimum atomic E-state index is 0.265. The van der Waals surface area contributed by atoms with E-state index >= 15 is 0 Å². The van der Waals surface area contributed by atoms with Crippen LogP contribution in [0.1, 0.15) is 43.1 Å². The first-order valence-electron chi connectivity index (χ1n) is 10.3. The van der Waals surface area contributed by atoms with Crippen molar-refractivity contribution in [2.45, 2.75) is 44.8 Å². The lowest BCUT2D eigenvalue weighted by Crippen LogP contribution is -2.41. The fraction of sp³-hybridized carbons (Fsp3) is 0.619. The molecule has 1 unspecified atom stereocenters. The molecule has 1 N–H and O–H groups in total. The van der Waals surface area contributed by atoms with Gasteiger partial charge in [-0.15, -0.1) is 0 Å². The standard InChI is InChI=1S/C21H31N5O/c27-15-3-11-25-9-2-10-26-14-8-23-21(26)20(25)19-5-12-24(13-6-19)17-18-4-1-7-22-16-18/h1,4,7-8,14,16,19-20,27H,2-3,5-6,9-13,15,17H2. The lowest BCUT2D eigenvalue weighted by atomic mass is 9.87. The van der Waals surface area contributed by atoms with Gasteiger partial charge in [0.1, 0.15) is 5.82 Å². The first-order chi connectivity index (χ1) is 13.3. The number of likely N-dealkylation sites (tertiary alicyclic amines) is 1. The third-order valence-electron chi connectivity index (χ3n) is 6.06. The lowest BCUT2D eigenvalue weighted by molar-refractivity contribution is 0.0771. The van der Waals surface area contributed by atoms with Crippen molar-refractivity contribution in [3.8, 4) is 0 Å². The van der Waals surface area contributed by atoms with Crippen LogP contribution in [0.4, 0.5) is 0 Å². The summed E-state index contributed by atoms with van der Waals surface area (Å²) in [5, 5.41) is 9.33. The Morgan fingerprint density at radius 3 is 2.78 bits per heavy atom. The van der Waals surface area contributed by atoms with Gasteiger partial charge in [-0.3, -0.25) is 14.8 Å². The van der Waals surface area contributed by atoms with Gasteiger partial charge in [0.05, 0.1) is 6.04 Å². The minimum absolute atomic E-state index is 0.265. The fourth-order valence-electron chi connectivity index (χ4n) is 4.73. The summed E-state index contributed by atoms with van der Waals surface area (Å²) in [5.41, 5.74) is 1.30. The molecular weight excluding hydrogens is 338 g/mol. The Morgan fingerprint density at radius 2 is 2.00 bits per heavy atom. The summed E-state index contributed by atoms with van der Waals surface area (Å²) in [7, 11) is 0. The van der Waals surface area contributed by atoms with Crippen LogP contribution in [0.25, 0.3) is 0 Å². The van der Waals surface area contributed by atoms with Gasteiger partial charge in [0.15, 0.2) is 0 Å². The molecule has 6 heteroatoms. The van der Waals surface area contributed by atoms with Gasteiger partial charge in [-0.25, -0.2) is 4.98 Å². The van der Waals surface area contributed by atoms with Crippen molar-refractivity contribution in [3.63, 3.8) is 0 Å². The van der Waals surface area contributed by atoms with E-state index < -0.39 is 0 Å². The van der Waals surface area contributed by atoms with Crippen molar-refractivity contribution in [2.24, 2.45) is 5.92 Å². The van der Waals surface area contributed by atoms with Crippen LogP contribution >= 0.6 is 0 Å². The molecule has 2 aliphatic heterocycles. The number of aryl methyl sites for hydroxylation is 1. The maximum absolute atomic E-state index is 9.33. The minimum Gasteiger partial charge on any atom is -0.396 e.